The Labute approximate surface area is 131 Å². The van der Waals surface area contributed by atoms with E-state index in [0.29, 0.717) is 0 Å². The summed E-state index contributed by atoms with van der Waals surface area (Å²) >= 11 is 0. The summed E-state index contributed by atoms with van der Waals surface area (Å²) in [6.45, 7) is 5.52. The van der Waals surface area contributed by atoms with Crippen LogP contribution in [-0.2, 0) is 13.5 Å². The maximum absolute atomic E-state index is 4.45. The zero-order chi connectivity index (χ0) is 15.3. The van der Waals surface area contributed by atoms with E-state index >= 15 is 0 Å². The van der Waals surface area contributed by atoms with Crippen molar-refractivity contribution in [3.63, 3.8) is 0 Å². The van der Waals surface area contributed by atoms with Gasteiger partial charge < -0.3 is 5.32 Å². The molecule has 1 aromatic heterocycles. The molecule has 3 heteroatoms. The lowest BCUT2D eigenvalue weighted by Gasteiger charge is -2.05. The number of aromatic nitrogens is 2. The third-order valence-corrected chi connectivity index (χ3v) is 4.09. The van der Waals surface area contributed by atoms with Gasteiger partial charge in [-0.25, -0.2) is 0 Å². The third kappa shape index (κ3) is 8.13. The van der Waals surface area contributed by atoms with Crippen molar-refractivity contribution in [2.45, 2.75) is 84.5 Å². The quantitative estimate of drug-likeness (QED) is 0.499. The molecule has 0 spiro atoms. The molecular formula is C18H35N3. The predicted octanol–water partition coefficient (Wildman–Crippen LogP) is 5.32. The lowest BCUT2D eigenvalue weighted by molar-refractivity contribution is 0.560. The normalized spacial score (nSPS) is 11.0. The lowest BCUT2D eigenvalue weighted by Crippen LogP contribution is -2.02. The number of nitrogens with one attached hydrogen (secondary N) is 1. The van der Waals surface area contributed by atoms with E-state index in [4.69, 9.17) is 0 Å². The van der Waals surface area contributed by atoms with Crippen LogP contribution >= 0.6 is 0 Å². The second-order valence-corrected chi connectivity index (χ2v) is 6.13. The molecule has 0 aliphatic heterocycles. The van der Waals surface area contributed by atoms with Crippen molar-refractivity contribution in [3.05, 3.63) is 11.9 Å². The highest BCUT2D eigenvalue weighted by Gasteiger charge is 2.04. The highest BCUT2D eigenvalue weighted by Crippen LogP contribution is 2.14. The molecule has 0 amide bonds. The van der Waals surface area contributed by atoms with E-state index in [1.807, 2.05) is 11.7 Å². The smallest absolute Gasteiger partial charge is 0.0853 e. The van der Waals surface area contributed by atoms with Crippen molar-refractivity contribution in [3.8, 4) is 0 Å². The van der Waals surface area contributed by atoms with E-state index in [-0.39, 0.29) is 0 Å². The predicted molar refractivity (Wildman–Crippen MR) is 92.9 cm³/mol. The standard InChI is InChI=1S/C18H35N3/c1-4-6-7-8-9-10-11-12-13-14-15-19-18-16-21(3)20-17(18)5-2/h16,19H,4-15H2,1-3H3. The van der Waals surface area contributed by atoms with E-state index in [2.05, 4.69) is 30.5 Å². The average Bonchev–Trinajstić information content (AvgIpc) is 2.85. The number of hydrogen-bond acceptors (Lipinski definition) is 2. The monoisotopic (exact) mass is 293 g/mol. The van der Waals surface area contributed by atoms with Gasteiger partial charge in [-0.2, -0.15) is 5.10 Å². The molecule has 3 nitrogen and oxygen atoms in total. The number of unbranched alkanes of at least 4 members (excludes halogenated alkanes) is 9. The van der Waals surface area contributed by atoms with Crippen molar-refractivity contribution >= 4 is 5.69 Å². The fraction of sp³-hybridized carbons (Fsp3) is 0.833. The van der Waals surface area contributed by atoms with Crippen molar-refractivity contribution in [1.82, 2.24) is 9.78 Å². The van der Waals surface area contributed by atoms with E-state index in [9.17, 15) is 0 Å². The number of anilines is 1. The summed E-state index contributed by atoms with van der Waals surface area (Å²) in [4.78, 5) is 0. The molecule has 0 saturated carbocycles. The van der Waals surface area contributed by atoms with Crippen molar-refractivity contribution < 1.29 is 0 Å². The summed E-state index contributed by atoms with van der Waals surface area (Å²) in [6.07, 6.45) is 17.0. The van der Waals surface area contributed by atoms with Gasteiger partial charge in [0.05, 0.1) is 11.4 Å². The summed E-state index contributed by atoms with van der Waals surface area (Å²) in [5.41, 5.74) is 2.40. The van der Waals surface area contributed by atoms with Crippen LogP contribution in [0.15, 0.2) is 6.20 Å². The topological polar surface area (TPSA) is 29.9 Å². The molecule has 1 heterocycles. The van der Waals surface area contributed by atoms with Gasteiger partial charge in [0, 0.05) is 19.8 Å². The first-order valence-electron chi connectivity index (χ1n) is 9.04. The van der Waals surface area contributed by atoms with Gasteiger partial charge in [-0.05, 0) is 12.8 Å². The van der Waals surface area contributed by atoms with E-state index in [1.165, 1.54) is 75.6 Å². The second kappa shape index (κ2) is 11.6. The molecule has 0 aliphatic rings. The van der Waals surface area contributed by atoms with Crippen LogP contribution in [0.25, 0.3) is 0 Å². The number of aryl methyl sites for hydroxylation is 2. The fourth-order valence-corrected chi connectivity index (χ4v) is 2.78. The van der Waals surface area contributed by atoms with Gasteiger partial charge in [0.1, 0.15) is 0 Å². The Balaban J connectivity index is 1.93. The summed E-state index contributed by atoms with van der Waals surface area (Å²) in [6, 6.07) is 0. The molecular weight excluding hydrogens is 258 g/mol. The molecule has 1 rings (SSSR count). The summed E-state index contributed by atoms with van der Waals surface area (Å²) < 4.78 is 1.90. The highest BCUT2D eigenvalue weighted by molar-refractivity contribution is 5.46. The molecule has 0 saturated heterocycles. The van der Waals surface area contributed by atoms with E-state index in [1.54, 1.807) is 0 Å². The first-order valence-corrected chi connectivity index (χ1v) is 9.04. The van der Waals surface area contributed by atoms with Gasteiger partial charge in [-0.15, -0.1) is 0 Å². The number of hydrogen-bond donors (Lipinski definition) is 1. The molecule has 0 radical (unpaired) electrons. The maximum Gasteiger partial charge on any atom is 0.0853 e. The minimum absolute atomic E-state index is 1.00. The summed E-state index contributed by atoms with van der Waals surface area (Å²) in [7, 11) is 1.99. The Morgan fingerprint density at radius 2 is 1.48 bits per heavy atom. The first kappa shape index (κ1) is 18.1. The summed E-state index contributed by atoms with van der Waals surface area (Å²) in [5.74, 6) is 0. The molecule has 0 fully saturated rings. The van der Waals surface area contributed by atoms with Gasteiger partial charge in [0.2, 0.25) is 0 Å². The Morgan fingerprint density at radius 3 is 2.05 bits per heavy atom. The average molecular weight is 293 g/mol. The van der Waals surface area contributed by atoms with Crippen LogP contribution in [0.1, 0.15) is 83.7 Å². The highest BCUT2D eigenvalue weighted by atomic mass is 15.3. The van der Waals surface area contributed by atoms with Crippen LogP contribution in [0.3, 0.4) is 0 Å². The molecule has 21 heavy (non-hydrogen) atoms. The van der Waals surface area contributed by atoms with Crippen LogP contribution in [0.2, 0.25) is 0 Å². The SMILES string of the molecule is CCCCCCCCCCCCNc1cn(C)nc1CC. The molecule has 122 valence electrons. The minimum atomic E-state index is 1.00. The van der Waals surface area contributed by atoms with Crippen molar-refractivity contribution in [2.24, 2.45) is 7.05 Å². The van der Waals surface area contributed by atoms with E-state index < -0.39 is 0 Å². The van der Waals surface area contributed by atoms with Crippen LogP contribution in [0, 0.1) is 0 Å². The number of nitrogens with zero attached hydrogens (tertiary/aromatic N) is 2. The molecule has 0 unspecified atom stereocenters. The maximum atomic E-state index is 4.45. The van der Waals surface area contributed by atoms with Crippen LogP contribution < -0.4 is 5.32 Å². The Kier molecular flexibility index (Phi) is 10.0. The molecule has 1 aromatic rings. The van der Waals surface area contributed by atoms with Crippen LogP contribution in [-0.4, -0.2) is 16.3 Å². The largest absolute Gasteiger partial charge is 0.382 e. The van der Waals surface area contributed by atoms with Crippen LogP contribution in [0.5, 0.6) is 0 Å². The van der Waals surface area contributed by atoms with Gasteiger partial charge in [-0.1, -0.05) is 71.6 Å². The molecule has 0 atom stereocenters. The zero-order valence-corrected chi connectivity index (χ0v) is 14.5. The fourth-order valence-electron chi connectivity index (χ4n) is 2.78. The Hall–Kier alpha value is -0.990. The van der Waals surface area contributed by atoms with Gasteiger partial charge >= 0.3 is 0 Å². The molecule has 1 N–H and O–H groups in total. The lowest BCUT2D eigenvalue weighted by atomic mass is 10.1. The van der Waals surface area contributed by atoms with E-state index in [0.717, 1.165) is 13.0 Å². The van der Waals surface area contributed by atoms with Gasteiger partial charge in [0.15, 0.2) is 0 Å². The molecule has 0 bridgehead atoms. The third-order valence-electron chi connectivity index (χ3n) is 4.09. The van der Waals surface area contributed by atoms with Gasteiger partial charge in [0.25, 0.3) is 0 Å². The first-order chi connectivity index (χ1) is 10.3. The Bertz CT molecular complexity index is 357. The molecule has 0 aromatic carbocycles. The Morgan fingerprint density at radius 1 is 0.905 bits per heavy atom. The molecule has 0 aliphatic carbocycles. The number of rotatable bonds is 13. The van der Waals surface area contributed by atoms with Crippen molar-refractivity contribution in [2.75, 3.05) is 11.9 Å². The second-order valence-electron chi connectivity index (χ2n) is 6.13. The van der Waals surface area contributed by atoms with Crippen molar-refractivity contribution in [1.29, 1.82) is 0 Å². The zero-order valence-electron chi connectivity index (χ0n) is 14.5. The summed E-state index contributed by atoms with van der Waals surface area (Å²) in [5, 5.41) is 7.98. The van der Waals surface area contributed by atoms with Crippen LogP contribution in [0.4, 0.5) is 5.69 Å². The minimum Gasteiger partial charge on any atom is -0.382 e. The van der Waals surface area contributed by atoms with Gasteiger partial charge in [-0.3, -0.25) is 4.68 Å².